The van der Waals surface area contributed by atoms with Crippen LogP contribution >= 0.6 is 15.9 Å². The molecule has 2 heterocycles. The van der Waals surface area contributed by atoms with Crippen molar-refractivity contribution in [3.63, 3.8) is 0 Å². The second-order valence-corrected chi connectivity index (χ2v) is 8.29. The van der Waals surface area contributed by atoms with Gasteiger partial charge in [0.1, 0.15) is 11.5 Å². The van der Waals surface area contributed by atoms with Crippen LogP contribution in [0.5, 0.6) is 11.5 Å². The first kappa shape index (κ1) is 21.3. The van der Waals surface area contributed by atoms with Gasteiger partial charge in [-0.2, -0.15) is 0 Å². The Bertz CT molecular complexity index is 960. The molecule has 2 aliphatic heterocycles. The predicted molar refractivity (Wildman–Crippen MR) is 115 cm³/mol. The van der Waals surface area contributed by atoms with Crippen molar-refractivity contribution < 1.29 is 24.0 Å². The topological polar surface area (TPSA) is 79.4 Å². The molecule has 0 radical (unpaired) electrons. The van der Waals surface area contributed by atoms with Crippen molar-refractivity contribution >= 4 is 33.8 Å². The highest BCUT2D eigenvalue weighted by atomic mass is 79.9. The van der Waals surface area contributed by atoms with Crippen LogP contribution in [0, 0.1) is 0 Å². The number of piperazine rings is 1. The quantitative estimate of drug-likeness (QED) is 0.599. The van der Waals surface area contributed by atoms with E-state index in [4.69, 9.17) is 9.57 Å². The second kappa shape index (κ2) is 9.49. The highest BCUT2D eigenvalue weighted by Crippen LogP contribution is 2.30. The minimum absolute atomic E-state index is 0.0838. The number of hydroxylamine groups is 2. The second-order valence-electron chi connectivity index (χ2n) is 7.37. The third kappa shape index (κ3) is 5.23. The van der Waals surface area contributed by atoms with Crippen LogP contribution in [0.15, 0.2) is 53.0 Å². The molecule has 0 spiro atoms. The Labute approximate surface area is 188 Å². The number of ether oxygens (including phenoxy) is 1. The standard InChI is InChI=1S/C22H22BrN3O5/c23-17-7-6-16(19(14-17)30-18-4-2-1-3-5-18)15-24-10-12-25(13-11-24)22(29)31-26-20(27)8-9-21(26)28/h1-7,14H,8-13,15H2. The molecule has 2 saturated heterocycles. The first-order valence-electron chi connectivity index (χ1n) is 10.1. The highest BCUT2D eigenvalue weighted by Gasteiger charge is 2.34. The Morgan fingerprint density at radius 3 is 2.29 bits per heavy atom. The molecule has 4 rings (SSSR count). The van der Waals surface area contributed by atoms with Crippen LogP contribution in [0.25, 0.3) is 0 Å². The van der Waals surface area contributed by atoms with Crippen LogP contribution in [0.2, 0.25) is 0 Å². The van der Waals surface area contributed by atoms with Gasteiger partial charge in [-0.3, -0.25) is 14.5 Å². The summed E-state index contributed by atoms with van der Waals surface area (Å²) in [6, 6.07) is 15.5. The van der Waals surface area contributed by atoms with Crippen molar-refractivity contribution in [2.75, 3.05) is 26.2 Å². The van der Waals surface area contributed by atoms with Gasteiger partial charge in [0.25, 0.3) is 11.8 Å². The molecular formula is C22H22BrN3O5. The average Bonchev–Trinajstić information content (AvgIpc) is 3.09. The first-order chi connectivity index (χ1) is 15.0. The number of halogens is 1. The number of hydrogen-bond acceptors (Lipinski definition) is 6. The van der Waals surface area contributed by atoms with Crippen LogP contribution in [0.3, 0.4) is 0 Å². The van der Waals surface area contributed by atoms with E-state index in [1.165, 1.54) is 4.90 Å². The largest absolute Gasteiger partial charge is 0.457 e. The lowest BCUT2D eigenvalue weighted by Crippen LogP contribution is -2.50. The summed E-state index contributed by atoms with van der Waals surface area (Å²) in [5.74, 6) is 0.588. The van der Waals surface area contributed by atoms with Crippen molar-refractivity contribution in [2.45, 2.75) is 19.4 Å². The maximum Gasteiger partial charge on any atom is 0.434 e. The number of imide groups is 1. The number of rotatable bonds is 5. The van der Waals surface area contributed by atoms with Gasteiger partial charge in [0.2, 0.25) is 0 Å². The number of carbonyl (C=O) groups excluding carboxylic acids is 3. The third-order valence-electron chi connectivity index (χ3n) is 5.20. The van der Waals surface area contributed by atoms with Gasteiger partial charge in [0, 0.05) is 55.6 Å². The fourth-order valence-electron chi connectivity index (χ4n) is 3.49. The number of benzene rings is 2. The normalized spacial score (nSPS) is 17.2. The Morgan fingerprint density at radius 2 is 1.61 bits per heavy atom. The molecule has 2 fully saturated rings. The van der Waals surface area contributed by atoms with Gasteiger partial charge in [-0.05, 0) is 24.3 Å². The summed E-state index contributed by atoms with van der Waals surface area (Å²) < 4.78 is 7.01. The zero-order valence-corrected chi connectivity index (χ0v) is 18.4. The monoisotopic (exact) mass is 487 g/mol. The molecule has 0 bridgehead atoms. The summed E-state index contributed by atoms with van der Waals surface area (Å²) in [7, 11) is 0. The number of nitrogens with zero attached hydrogens (tertiary/aromatic N) is 3. The molecule has 31 heavy (non-hydrogen) atoms. The number of hydrogen-bond donors (Lipinski definition) is 0. The van der Waals surface area contributed by atoms with Crippen LogP contribution in [-0.4, -0.2) is 58.9 Å². The molecule has 2 aromatic rings. The van der Waals surface area contributed by atoms with Gasteiger partial charge < -0.3 is 14.5 Å². The van der Waals surface area contributed by atoms with Crippen molar-refractivity contribution in [1.29, 1.82) is 0 Å². The lowest BCUT2D eigenvalue weighted by atomic mass is 10.1. The Morgan fingerprint density at radius 1 is 0.935 bits per heavy atom. The minimum atomic E-state index is -0.667. The molecule has 0 aromatic heterocycles. The van der Waals surface area contributed by atoms with Gasteiger partial charge in [-0.25, -0.2) is 4.79 Å². The van der Waals surface area contributed by atoms with Gasteiger partial charge in [-0.1, -0.05) is 40.2 Å². The van der Waals surface area contributed by atoms with E-state index in [0.29, 0.717) is 37.8 Å². The Balaban J connectivity index is 1.34. The lowest BCUT2D eigenvalue weighted by Gasteiger charge is -2.34. The molecule has 0 N–H and O–H groups in total. The summed E-state index contributed by atoms with van der Waals surface area (Å²) in [5.41, 5.74) is 1.04. The molecule has 0 saturated carbocycles. The van der Waals surface area contributed by atoms with E-state index < -0.39 is 17.9 Å². The fraction of sp³-hybridized carbons (Fsp3) is 0.318. The smallest absolute Gasteiger partial charge is 0.434 e. The predicted octanol–water partition coefficient (Wildman–Crippen LogP) is 3.56. The molecule has 0 unspecified atom stereocenters. The highest BCUT2D eigenvalue weighted by molar-refractivity contribution is 9.10. The molecule has 9 heteroatoms. The van der Waals surface area contributed by atoms with Gasteiger partial charge >= 0.3 is 6.09 Å². The SMILES string of the molecule is O=C(ON1C(=O)CCC1=O)N1CCN(Cc2ccc(Br)cc2Oc2ccccc2)CC1. The summed E-state index contributed by atoms with van der Waals surface area (Å²) in [5, 5.41) is 0.587. The van der Waals surface area contributed by atoms with E-state index in [-0.39, 0.29) is 12.8 Å². The molecule has 0 atom stereocenters. The van der Waals surface area contributed by atoms with E-state index in [9.17, 15) is 14.4 Å². The zero-order valence-electron chi connectivity index (χ0n) is 16.8. The molecule has 0 aliphatic carbocycles. The molecule has 2 aliphatic rings. The van der Waals surface area contributed by atoms with Crippen LogP contribution in [-0.2, 0) is 21.0 Å². The summed E-state index contributed by atoms with van der Waals surface area (Å²) >= 11 is 3.50. The van der Waals surface area contributed by atoms with Crippen molar-refractivity contribution in [1.82, 2.24) is 14.9 Å². The summed E-state index contributed by atoms with van der Waals surface area (Å²) in [6.45, 7) is 2.83. The molecule has 2 aromatic carbocycles. The number of para-hydroxylation sites is 1. The molecular weight excluding hydrogens is 466 g/mol. The molecule has 8 nitrogen and oxygen atoms in total. The van der Waals surface area contributed by atoms with Crippen molar-refractivity contribution in [3.05, 3.63) is 58.6 Å². The van der Waals surface area contributed by atoms with E-state index in [1.807, 2.05) is 48.5 Å². The fourth-order valence-corrected chi connectivity index (χ4v) is 3.83. The number of carbonyl (C=O) groups is 3. The Kier molecular flexibility index (Phi) is 6.53. The lowest BCUT2D eigenvalue weighted by molar-refractivity contribution is -0.174. The van der Waals surface area contributed by atoms with Crippen molar-refractivity contribution in [2.24, 2.45) is 0 Å². The van der Waals surface area contributed by atoms with E-state index in [2.05, 4.69) is 20.8 Å². The Hall–Kier alpha value is -2.91. The molecule has 3 amide bonds. The maximum atomic E-state index is 12.3. The minimum Gasteiger partial charge on any atom is -0.457 e. The number of amides is 3. The first-order valence-corrected chi connectivity index (χ1v) is 10.9. The zero-order chi connectivity index (χ0) is 21.8. The average molecular weight is 488 g/mol. The van der Waals surface area contributed by atoms with E-state index >= 15 is 0 Å². The maximum absolute atomic E-state index is 12.3. The van der Waals surface area contributed by atoms with Crippen molar-refractivity contribution in [3.8, 4) is 11.5 Å². The molecule has 162 valence electrons. The van der Waals surface area contributed by atoms with Gasteiger partial charge in [0.15, 0.2) is 0 Å². The summed E-state index contributed by atoms with van der Waals surface area (Å²) in [6.07, 6.45) is -0.499. The third-order valence-corrected chi connectivity index (χ3v) is 5.69. The van der Waals surface area contributed by atoms with E-state index in [0.717, 1.165) is 21.5 Å². The van der Waals surface area contributed by atoms with E-state index in [1.54, 1.807) is 0 Å². The summed E-state index contributed by atoms with van der Waals surface area (Å²) in [4.78, 5) is 44.3. The van der Waals surface area contributed by atoms with Gasteiger partial charge in [0.05, 0.1) is 0 Å². The van der Waals surface area contributed by atoms with Crippen LogP contribution in [0.1, 0.15) is 18.4 Å². The van der Waals surface area contributed by atoms with Crippen LogP contribution in [0.4, 0.5) is 4.79 Å². The van der Waals surface area contributed by atoms with Crippen LogP contribution < -0.4 is 4.74 Å². The van der Waals surface area contributed by atoms with Gasteiger partial charge in [-0.15, -0.1) is 5.06 Å².